The van der Waals surface area contributed by atoms with Crippen LogP contribution in [0.2, 0.25) is 0 Å². The van der Waals surface area contributed by atoms with Crippen molar-refractivity contribution in [3.8, 4) is 0 Å². The highest BCUT2D eigenvalue weighted by Crippen LogP contribution is 2.13. The second-order valence-corrected chi connectivity index (χ2v) is 5.60. The van der Waals surface area contributed by atoms with Gasteiger partial charge in [-0.1, -0.05) is 25.1 Å². The smallest absolute Gasteiger partial charge is 0.0522 e. The molecule has 2 rings (SSSR count). The summed E-state index contributed by atoms with van der Waals surface area (Å²) in [5.74, 6) is 0. The maximum Gasteiger partial charge on any atom is 0.0522 e. The van der Waals surface area contributed by atoms with Gasteiger partial charge in [0.05, 0.1) is 6.20 Å². The Kier molecular flexibility index (Phi) is 4.96. The van der Waals surface area contributed by atoms with E-state index in [1.165, 1.54) is 22.3 Å². The molecule has 1 N–H and O–H groups in total. The molecule has 0 bridgehead atoms. The highest BCUT2D eigenvalue weighted by atomic mass is 15.2. The lowest BCUT2D eigenvalue weighted by molar-refractivity contribution is 0.521. The molecule has 2 aromatic rings. The molecule has 1 aromatic carbocycles. The van der Waals surface area contributed by atoms with E-state index in [2.05, 4.69) is 55.6 Å². The van der Waals surface area contributed by atoms with E-state index in [-0.39, 0.29) is 0 Å². The lowest BCUT2D eigenvalue weighted by atomic mass is 9.98. The lowest BCUT2D eigenvalue weighted by Gasteiger charge is -2.18. The first-order chi connectivity index (χ1) is 9.58. The molecular formula is C17H25N3. The molecule has 1 atom stereocenters. The van der Waals surface area contributed by atoms with E-state index >= 15 is 0 Å². The fraction of sp³-hybridized carbons (Fsp3) is 0.471. The van der Waals surface area contributed by atoms with Gasteiger partial charge in [-0.25, -0.2) is 0 Å². The highest BCUT2D eigenvalue weighted by Gasteiger charge is 2.11. The monoisotopic (exact) mass is 271 g/mol. The lowest BCUT2D eigenvalue weighted by Crippen LogP contribution is -2.33. The average molecular weight is 271 g/mol. The van der Waals surface area contributed by atoms with Gasteiger partial charge in [0, 0.05) is 19.3 Å². The van der Waals surface area contributed by atoms with Crippen LogP contribution in [0.1, 0.15) is 29.2 Å². The summed E-state index contributed by atoms with van der Waals surface area (Å²) >= 11 is 0. The number of rotatable bonds is 6. The van der Waals surface area contributed by atoms with Crippen LogP contribution in [-0.2, 0) is 19.9 Å². The second-order valence-electron chi connectivity index (χ2n) is 5.60. The van der Waals surface area contributed by atoms with Crippen LogP contribution in [0.25, 0.3) is 0 Å². The number of nitrogens with zero attached hydrogens (tertiary/aromatic N) is 2. The number of likely N-dealkylation sites (N-methyl/N-ethyl adjacent to an activating group) is 1. The Hall–Kier alpha value is -1.61. The topological polar surface area (TPSA) is 29.9 Å². The fourth-order valence-corrected chi connectivity index (χ4v) is 2.58. The molecular weight excluding hydrogens is 246 g/mol. The van der Waals surface area contributed by atoms with Gasteiger partial charge in [0.2, 0.25) is 0 Å². The molecule has 20 heavy (non-hydrogen) atoms. The first kappa shape index (κ1) is 14.8. The maximum absolute atomic E-state index is 4.25. The van der Waals surface area contributed by atoms with Crippen molar-refractivity contribution in [2.75, 3.05) is 6.54 Å². The van der Waals surface area contributed by atoms with Gasteiger partial charge in [-0.15, -0.1) is 0 Å². The van der Waals surface area contributed by atoms with Crippen LogP contribution in [-0.4, -0.2) is 22.4 Å². The van der Waals surface area contributed by atoms with E-state index in [1.54, 1.807) is 0 Å². The Balaban J connectivity index is 2.06. The van der Waals surface area contributed by atoms with Crippen molar-refractivity contribution in [1.29, 1.82) is 0 Å². The summed E-state index contributed by atoms with van der Waals surface area (Å²) in [7, 11) is 1.97. The zero-order valence-corrected chi connectivity index (χ0v) is 13.0. The average Bonchev–Trinajstić information content (AvgIpc) is 2.80. The molecule has 0 aliphatic carbocycles. The van der Waals surface area contributed by atoms with Gasteiger partial charge in [0.25, 0.3) is 0 Å². The van der Waals surface area contributed by atoms with E-state index in [0.29, 0.717) is 6.04 Å². The van der Waals surface area contributed by atoms with Gasteiger partial charge in [-0.05, 0) is 55.5 Å². The molecule has 0 saturated carbocycles. The largest absolute Gasteiger partial charge is 0.314 e. The van der Waals surface area contributed by atoms with E-state index in [1.807, 2.05) is 17.9 Å². The number of hydrogen-bond acceptors (Lipinski definition) is 2. The summed E-state index contributed by atoms with van der Waals surface area (Å²) in [5.41, 5.74) is 5.44. The molecule has 0 radical (unpaired) electrons. The highest BCUT2D eigenvalue weighted by molar-refractivity contribution is 5.30. The molecule has 0 spiro atoms. The van der Waals surface area contributed by atoms with Crippen LogP contribution >= 0.6 is 0 Å². The number of benzene rings is 1. The molecule has 3 heteroatoms. The Morgan fingerprint density at radius 2 is 1.90 bits per heavy atom. The summed E-state index contributed by atoms with van der Waals surface area (Å²) in [6, 6.07) is 7.24. The second kappa shape index (κ2) is 6.71. The van der Waals surface area contributed by atoms with Crippen LogP contribution in [0, 0.1) is 13.8 Å². The van der Waals surface area contributed by atoms with Gasteiger partial charge in [-0.3, -0.25) is 4.68 Å². The van der Waals surface area contributed by atoms with Crippen LogP contribution in [0.4, 0.5) is 0 Å². The van der Waals surface area contributed by atoms with Crippen LogP contribution in [0.3, 0.4) is 0 Å². The standard InChI is InChI=1S/C17H25N3/c1-5-18-17(10-16-11-19-20(4)12-16)9-15-7-6-13(2)14(3)8-15/h6-8,11-12,17-18H,5,9-10H2,1-4H3. The summed E-state index contributed by atoms with van der Waals surface area (Å²) in [5, 5.41) is 7.84. The van der Waals surface area contributed by atoms with Crippen LogP contribution < -0.4 is 5.32 Å². The third kappa shape index (κ3) is 3.94. The van der Waals surface area contributed by atoms with Crippen molar-refractivity contribution >= 4 is 0 Å². The predicted octanol–water partition coefficient (Wildman–Crippen LogP) is 2.80. The predicted molar refractivity (Wildman–Crippen MR) is 84.0 cm³/mol. The number of hydrogen-bond donors (Lipinski definition) is 1. The van der Waals surface area contributed by atoms with Crippen molar-refractivity contribution < 1.29 is 0 Å². The minimum absolute atomic E-state index is 0.464. The summed E-state index contributed by atoms with van der Waals surface area (Å²) in [6.45, 7) is 7.51. The number of nitrogens with one attached hydrogen (secondary N) is 1. The summed E-state index contributed by atoms with van der Waals surface area (Å²) < 4.78 is 1.87. The Morgan fingerprint density at radius 3 is 2.50 bits per heavy atom. The van der Waals surface area contributed by atoms with E-state index in [4.69, 9.17) is 0 Å². The number of aryl methyl sites for hydroxylation is 3. The Bertz CT molecular complexity index is 557. The van der Waals surface area contributed by atoms with Crippen LogP contribution in [0.5, 0.6) is 0 Å². The van der Waals surface area contributed by atoms with E-state index < -0.39 is 0 Å². The molecule has 108 valence electrons. The molecule has 0 fully saturated rings. The zero-order chi connectivity index (χ0) is 14.5. The Morgan fingerprint density at radius 1 is 1.15 bits per heavy atom. The van der Waals surface area contributed by atoms with Crippen molar-refractivity contribution in [1.82, 2.24) is 15.1 Å². The van der Waals surface area contributed by atoms with Gasteiger partial charge in [0.1, 0.15) is 0 Å². The molecule has 0 aliphatic rings. The molecule has 0 saturated heterocycles. The molecule has 0 amide bonds. The molecule has 1 heterocycles. The van der Waals surface area contributed by atoms with E-state index in [9.17, 15) is 0 Å². The van der Waals surface area contributed by atoms with Gasteiger partial charge < -0.3 is 5.32 Å². The van der Waals surface area contributed by atoms with Gasteiger partial charge in [-0.2, -0.15) is 5.10 Å². The third-order valence-corrected chi connectivity index (χ3v) is 3.79. The summed E-state index contributed by atoms with van der Waals surface area (Å²) in [6.07, 6.45) is 6.15. The zero-order valence-electron chi connectivity index (χ0n) is 13.0. The van der Waals surface area contributed by atoms with Crippen molar-refractivity contribution in [2.45, 2.75) is 39.7 Å². The third-order valence-electron chi connectivity index (χ3n) is 3.79. The molecule has 1 aromatic heterocycles. The number of aromatic nitrogens is 2. The summed E-state index contributed by atoms with van der Waals surface area (Å²) in [4.78, 5) is 0. The van der Waals surface area contributed by atoms with Gasteiger partial charge in [0.15, 0.2) is 0 Å². The minimum atomic E-state index is 0.464. The van der Waals surface area contributed by atoms with Crippen molar-refractivity contribution in [3.63, 3.8) is 0 Å². The molecule has 0 aliphatic heterocycles. The quantitative estimate of drug-likeness (QED) is 0.875. The van der Waals surface area contributed by atoms with Crippen molar-refractivity contribution in [2.24, 2.45) is 7.05 Å². The van der Waals surface area contributed by atoms with Gasteiger partial charge >= 0.3 is 0 Å². The Labute approximate surface area is 122 Å². The fourth-order valence-electron chi connectivity index (χ4n) is 2.58. The first-order valence-electron chi connectivity index (χ1n) is 7.35. The molecule has 1 unspecified atom stereocenters. The SMILES string of the molecule is CCNC(Cc1ccc(C)c(C)c1)Cc1cnn(C)c1. The van der Waals surface area contributed by atoms with Crippen LogP contribution in [0.15, 0.2) is 30.6 Å². The van der Waals surface area contributed by atoms with Crippen molar-refractivity contribution in [3.05, 3.63) is 52.8 Å². The molecule has 3 nitrogen and oxygen atoms in total. The minimum Gasteiger partial charge on any atom is -0.314 e. The maximum atomic E-state index is 4.25. The first-order valence-corrected chi connectivity index (χ1v) is 7.35. The van der Waals surface area contributed by atoms with E-state index in [0.717, 1.165) is 19.4 Å². The normalized spacial score (nSPS) is 12.6.